The van der Waals surface area contributed by atoms with E-state index in [4.69, 9.17) is 37.8 Å². The van der Waals surface area contributed by atoms with Gasteiger partial charge in [-0.25, -0.2) is 9.97 Å². The zero-order valence-corrected chi connectivity index (χ0v) is 14.1. The van der Waals surface area contributed by atoms with E-state index in [9.17, 15) is 4.79 Å². The first-order chi connectivity index (χ1) is 10.9. The number of aliphatic hydroxyl groups excluding tert-OH is 1. The number of aliphatic hydroxyl groups is 1. The zero-order chi connectivity index (χ0) is 17.4. The summed E-state index contributed by atoms with van der Waals surface area (Å²) >= 11 is 11.0. The topological polar surface area (TPSA) is 107 Å². The molecule has 0 aliphatic rings. The Morgan fingerprint density at radius 1 is 1.09 bits per heavy atom. The van der Waals surface area contributed by atoms with Crippen molar-refractivity contribution in [2.45, 2.75) is 13.5 Å². The maximum absolute atomic E-state index is 10.9. The Labute approximate surface area is 142 Å². The molecule has 0 radical (unpaired) electrons. The summed E-state index contributed by atoms with van der Waals surface area (Å²) in [6.07, 6.45) is 2.77. The first-order valence-electron chi connectivity index (χ1n) is 6.16. The second-order valence-corrected chi connectivity index (χ2v) is 4.63. The van der Waals surface area contributed by atoms with Gasteiger partial charge in [-0.05, 0) is 30.1 Å². The predicted octanol–water partition coefficient (Wildman–Crippen LogP) is 1.97. The standard InChI is InChI=1S/C7H7ClN2O2.C6H7ClN2O2/c1-4(11)5-3-9-7(8)10-6(5)12-2;1-11-5-4(3-10)2-8-6(7)9-5/h3H,1-2H3;2,10H,3H2,1H3. The van der Waals surface area contributed by atoms with Gasteiger partial charge in [0.25, 0.3) is 0 Å². The van der Waals surface area contributed by atoms with Gasteiger partial charge >= 0.3 is 0 Å². The highest BCUT2D eigenvalue weighted by atomic mass is 35.5. The molecule has 10 heteroatoms. The molecule has 0 saturated heterocycles. The number of carbonyl (C=O) groups is 1. The molecule has 0 aliphatic heterocycles. The molecule has 0 unspecified atom stereocenters. The minimum absolute atomic E-state index is 0.0665. The van der Waals surface area contributed by atoms with Crippen molar-refractivity contribution in [3.05, 3.63) is 34.1 Å². The second-order valence-electron chi connectivity index (χ2n) is 3.95. The Morgan fingerprint density at radius 2 is 1.61 bits per heavy atom. The number of nitrogens with zero attached hydrogens (tertiary/aromatic N) is 4. The summed E-state index contributed by atoms with van der Waals surface area (Å²) in [5.74, 6) is 0.374. The van der Waals surface area contributed by atoms with Gasteiger partial charge in [0.05, 0.1) is 32.0 Å². The summed E-state index contributed by atoms with van der Waals surface area (Å²) in [7, 11) is 2.88. The molecule has 2 heterocycles. The van der Waals surface area contributed by atoms with Crippen LogP contribution >= 0.6 is 23.2 Å². The fourth-order valence-corrected chi connectivity index (χ4v) is 1.65. The van der Waals surface area contributed by atoms with E-state index >= 15 is 0 Å². The Bertz CT molecular complexity index is 685. The lowest BCUT2D eigenvalue weighted by molar-refractivity contribution is 0.101. The van der Waals surface area contributed by atoms with Gasteiger partial charge in [0.1, 0.15) is 0 Å². The van der Waals surface area contributed by atoms with E-state index in [-0.39, 0.29) is 28.8 Å². The van der Waals surface area contributed by atoms with Crippen LogP contribution in [0.2, 0.25) is 10.6 Å². The third kappa shape index (κ3) is 5.59. The van der Waals surface area contributed by atoms with Crippen LogP contribution in [0.25, 0.3) is 0 Å². The van der Waals surface area contributed by atoms with Gasteiger partial charge in [-0.15, -0.1) is 0 Å². The van der Waals surface area contributed by atoms with E-state index in [1.54, 1.807) is 0 Å². The number of ketones is 1. The number of rotatable bonds is 4. The van der Waals surface area contributed by atoms with Gasteiger partial charge in [-0.3, -0.25) is 4.79 Å². The summed E-state index contributed by atoms with van der Waals surface area (Å²) in [5, 5.41) is 8.91. The number of ether oxygens (including phenoxy) is 2. The molecule has 2 aromatic heterocycles. The van der Waals surface area contributed by atoms with E-state index in [2.05, 4.69) is 19.9 Å². The van der Waals surface area contributed by atoms with Crippen molar-refractivity contribution in [1.29, 1.82) is 0 Å². The quantitative estimate of drug-likeness (QED) is 0.651. The van der Waals surface area contributed by atoms with Crippen molar-refractivity contribution in [2.24, 2.45) is 0 Å². The maximum atomic E-state index is 10.9. The molecule has 0 atom stereocenters. The minimum atomic E-state index is -0.152. The summed E-state index contributed by atoms with van der Waals surface area (Å²) in [6.45, 7) is 1.26. The van der Waals surface area contributed by atoms with E-state index in [0.29, 0.717) is 17.0 Å². The molecule has 8 nitrogen and oxygen atoms in total. The largest absolute Gasteiger partial charge is 0.481 e. The highest BCUT2D eigenvalue weighted by Crippen LogP contribution is 2.16. The highest BCUT2D eigenvalue weighted by molar-refractivity contribution is 6.28. The van der Waals surface area contributed by atoms with Crippen molar-refractivity contribution in [2.75, 3.05) is 14.2 Å². The first-order valence-corrected chi connectivity index (χ1v) is 6.92. The molecular weight excluding hydrogens is 347 g/mol. The lowest BCUT2D eigenvalue weighted by Gasteiger charge is -2.02. The highest BCUT2D eigenvalue weighted by Gasteiger charge is 2.10. The van der Waals surface area contributed by atoms with Crippen molar-refractivity contribution in [3.8, 4) is 11.8 Å². The molecule has 0 aromatic carbocycles. The predicted molar refractivity (Wildman–Crippen MR) is 83.1 cm³/mol. The molecule has 0 aliphatic carbocycles. The number of halogens is 2. The van der Waals surface area contributed by atoms with Gasteiger partial charge in [-0.1, -0.05) is 0 Å². The number of hydrogen-bond acceptors (Lipinski definition) is 8. The fraction of sp³-hybridized carbons (Fsp3) is 0.308. The molecule has 23 heavy (non-hydrogen) atoms. The van der Waals surface area contributed by atoms with Crippen LogP contribution in [-0.2, 0) is 6.61 Å². The average molecular weight is 361 g/mol. The smallest absolute Gasteiger partial charge is 0.228 e. The Morgan fingerprint density at radius 3 is 2.09 bits per heavy atom. The van der Waals surface area contributed by atoms with Gasteiger partial charge in [0, 0.05) is 12.4 Å². The third-order valence-corrected chi connectivity index (χ3v) is 2.82. The number of hydrogen-bond donors (Lipinski definition) is 1. The molecule has 2 aromatic rings. The fourth-order valence-electron chi connectivity index (χ4n) is 1.40. The van der Waals surface area contributed by atoms with Crippen molar-refractivity contribution >= 4 is 29.0 Å². The minimum Gasteiger partial charge on any atom is -0.481 e. The van der Waals surface area contributed by atoms with Gasteiger partial charge in [-0.2, -0.15) is 9.97 Å². The molecule has 124 valence electrons. The van der Waals surface area contributed by atoms with Crippen molar-refractivity contribution in [1.82, 2.24) is 19.9 Å². The number of aromatic nitrogens is 4. The Kier molecular flexibility index (Phi) is 7.60. The molecule has 0 amide bonds. The first kappa shape index (κ1) is 19.0. The lowest BCUT2D eigenvalue weighted by atomic mass is 10.2. The average Bonchev–Trinajstić information content (AvgIpc) is 2.54. The normalized spacial score (nSPS) is 9.65. The summed E-state index contributed by atoms with van der Waals surface area (Å²) in [6, 6.07) is 0. The summed E-state index contributed by atoms with van der Waals surface area (Å²) in [4.78, 5) is 25.7. The maximum Gasteiger partial charge on any atom is 0.228 e. The number of methoxy groups -OCH3 is 2. The molecule has 0 saturated carbocycles. The monoisotopic (exact) mass is 360 g/mol. The number of Topliss-reactive ketones (excluding diaryl/α,β-unsaturated/α-hetero) is 1. The van der Waals surface area contributed by atoms with E-state index in [0.717, 1.165) is 0 Å². The molecule has 1 N–H and O–H groups in total. The molecule has 0 bridgehead atoms. The van der Waals surface area contributed by atoms with Crippen LogP contribution in [0.3, 0.4) is 0 Å². The SMILES string of the molecule is COc1nc(Cl)ncc1C(C)=O.COc1nc(Cl)ncc1CO. The summed E-state index contributed by atoms with van der Waals surface area (Å²) < 4.78 is 9.65. The van der Waals surface area contributed by atoms with E-state index in [1.165, 1.54) is 33.5 Å². The van der Waals surface area contributed by atoms with E-state index in [1.807, 2.05) is 0 Å². The zero-order valence-electron chi connectivity index (χ0n) is 12.6. The molecular formula is C13H14Cl2N4O4. The summed E-state index contributed by atoms with van der Waals surface area (Å²) in [5.41, 5.74) is 0.860. The van der Waals surface area contributed by atoms with Gasteiger partial charge < -0.3 is 14.6 Å². The van der Waals surface area contributed by atoms with Crippen LogP contribution in [-0.4, -0.2) is 45.0 Å². The van der Waals surface area contributed by atoms with Crippen LogP contribution in [0.4, 0.5) is 0 Å². The third-order valence-electron chi connectivity index (χ3n) is 2.46. The Hall–Kier alpha value is -2.03. The molecule has 0 spiro atoms. The van der Waals surface area contributed by atoms with Crippen molar-refractivity contribution < 1.29 is 19.4 Å². The lowest BCUT2D eigenvalue weighted by Crippen LogP contribution is -2.01. The van der Waals surface area contributed by atoms with Crippen LogP contribution in [0.1, 0.15) is 22.8 Å². The number of carbonyl (C=O) groups excluding carboxylic acids is 1. The van der Waals surface area contributed by atoms with Crippen LogP contribution < -0.4 is 9.47 Å². The van der Waals surface area contributed by atoms with Crippen LogP contribution in [0, 0.1) is 0 Å². The van der Waals surface area contributed by atoms with Crippen LogP contribution in [0.15, 0.2) is 12.4 Å². The second kappa shape index (κ2) is 9.19. The molecule has 2 rings (SSSR count). The van der Waals surface area contributed by atoms with Crippen molar-refractivity contribution in [3.63, 3.8) is 0 Å². The van der Waals surface area contributed by atoms with Crippen LogP contribution in [0.5, 0.6) is 11.8 Å². The Balaban J connectivity index is 0.000000231. The van der Waals surface area contributed by atoms with Gasteiger partial charge in [0.15, 0.2) is 5.78 Å². The van der Waals surface area contributed by atoms with E-state index < -0.39 is 0 Å². The van der Waals surface area contributed by atoms with Gasteiger partial charge in [0.2, 0.25) is 22.3 Å². The molecule has 0 fully saturated rings.